The van der Waals surface area contributed by atoms with Crippen molar-refractivity contribution in [3.05, 3.63) is 0 Å². The summed E-state index contributed by atoms with van der Waals surface area (Å²) in [4.78, 5) is 12.6. The van der Waals surface area contributed by atoms with Crippen LogP contribution >= 0.6 is 12.2 Å². The van der Waals surface area contributed by atoms with Crippen molar-refractivity contribution in [3.63, 3.8) is 0 Å². The molecule has 2 aliphatic carbocycles. The molecule has 0 spiro atoms. The number of amides is 1. The average Bonchev–Trinajstić information content (AvgIpc) is 2.80. The Morgan fingerprint density at radius 1 is 1.17 bits per heavy atom. The van der Waals surface area contributed by atoms with Gasteiger partial charge < -0.3 is 11.1 Å². The summed E-state index contributed by atoms with van der Waals surface area (Å²) in [6.45, 7) is 0. The Kier molecular flexibility index (Phi) is 4.60. The molecular weight excluding hydrogens is 244 g/mol. The second-order valence-corrected chi connectivity index (χ2v) is 6.35. The maximum absolute atomic E-state index is 12.2. The topological polar surface area (TPSA) is 55.1 Å². The van der Waals surface area contributed by atoms with Gasteiger partial charge >= 0.3 is 0 Å². The number of thiocarbonyl (C=S) groups is 1. The minimum atomic E-state index is -0.374. The fourth-order valence-electron chi connectivity index (χ4n) is 3.38. The standard InChI is InChI=1S/C14H24N2OS/c15-13(18)14(8-4-5-9-14)16-12(17)10-11-6-2-1-3-7-11/h11H,1-10H2,(H2,15,18)(H,16,17). The Balaban J connectivity index is 1.87. The van der Waals surface area contributed by atoms with Gasteiger partial charge in [-0.05, 0) is 31.6 Å². The van der Waals surface area contributed by atoms with Crippen molar-refractivity contribution in [3.8, 4) is 0 Å². The fraction of sp³-hybridized carbons (Fsp3) is 0.857. The summed E-state index contributed by atoms with van der Waals surface area (Å²) in [5.74, 6) is 0.722. The molecule has 0 heterocycles. The number of nitrogens with two attached hydrogens (primary N) is 1. The number of carbonyl (C=O) groups is 1. The highest BCUT2D eigenvalue weighted by molar-refractivity contribution is 7.80. The van der Waals surface area contributed by atoms with Crippen LogP contribution in [0.4, 0.5) is 0 Å². The largest absolute Gasteiger partial charge is 0.391 e. The van der Waals surface area contributed by atoms with Crippen LogP contribution in [0, 0.1) is 5.92 Å². The first-order valence-corrected chi connectivity index (χ1v) is 7.64. The predicted molar refractivity (Wildman–Crippen MR) is 77.3 cm³/mol. The Morgan fingerprint density at radius 2 is 1.78 bits per heavy atom. The highest BCUT2D eigenvalue weighted by atomic mass is 32.1. The monoisotopic (exact) mass is 268 g/mol. The molecule has 0 aromatic rings. The number of nitrogens with one attached hydrogen (secondary N) is 1. The van der Waals surface area contributed by atoms with Crippen molar-refractivity contribution in [2.45, 2.75) is 69.7 Å². The summed E-state index contributed by atoms with van der Waals surface area (Å²) in [6.07, 6.45) is 11.0. The lowest BCUT2D eigenvalue weighted by atomic mass is 9.86. The van der Waals surface area contributed by atoms with Gasteiger partial charge in [-0.25, -0.2) is 0 Å². The zero-order valence-electron chi connectivity index (χ0n) is 11.0. The maximum atomic E-state index is 12.2. The molecule has 0 aromatic heterocycles. The number of hydrogen-bond donors (Lipinski definition) is 2. The zero-order valence-corrected chi connectivity index (χ0v) is 11.9. The van der Waals surface area contributed by atoms with Crippen molar-refractivity contribution in [2.75, 3.05) is 0 Å². The summed E-state index contributed by atoms with van der Waals surface area (Å²) in [6, 6.07) is 0. The zero-order chi connectivity index (χ0) is 13.0. The van der Waals surface area contributed by atoms with Crippen LogP contribution in [-0.2, 0) is 4.79 Å². The van der Waals surface area contributed by atoms with Gasteiger partial charge in [-0.15, -0.1) is 0 Å². The SMILES string of the molecule is NC(=S)C1(NC(=O)CC2CCCCC2)CCCC1. The van der Waals surface area contributed by atoms with Crippen LogP contribution in [0.3, 0.4) is 0 Å². The second-order valence-electron chi connectivity index (χ2n) is 5.91. The molecule has 4 heteroatoms. The van der Waals surface area contributed by atoms with E-state index < -0.39 is 0 Å². The van der Waals surface area contributed by atoms with Crippen LogP contribution in [-0.4, -0.2) is 16.4 Å². The third-order valence-corrected chi connectivity index (χ3v) is 4.90. The average molecular weight is 268 g/mol. The van der Waals surface area contributed by atoms with Crippen LogP contribution < -0.4 is 11.1 Å². The normalized spacial score (nSPS) is 23.8. The van der Waals surface area contributed by atoms with Gasteiger partial charge in [0, 0.05) is 6.42 Å². The lowest BCUT2D eigenvalue weighted by Gasteiger charge is -2.30. The molecule has 0 aliphatic heterocycles. The third kappa shape index (κ3) is 3.22. The Morgan fingerprint density at radius 3 is 2.33 bits per heavy atom. The van der Waals surface area contributed by atoms with Crippen molar-refractivity contribution < 1.29 is 4.79 Å². The molecule has 0 bridgehead atoms. The summed E-state index contributed by atoms with van der Waals surface area (Å²) >= 11 is 5.15. The highest BCUT2D eigenvalue weighted by Gasteiger charge is 2.38. The Bertz CT molecular complexity index is 318. The number of carbonyl (C=O) groups excluding carboxylic acids is 1. The van der Waals surface area contributed by atoms with Gasteiger partial charge in [0.2, 0.25) is 5.91 Å². The van der Waals surface area contributed by atoms with Crippen LogP contribution in [0.5, 0.6) is 0 Å². The molecule has 18 heavy (non-hydrogen) atoms. The van der Waals surface area contributed by atoms with Gasteiger partial charge in [0.1, 0.15) is 0 Å². The number of rotatable bonds is 4. The van der Waals surface area contributed by atoms with Gasteiger partial charge in [-0.1, -0.05) is 44.3 Å². The molecule has 102 valence electrons. The van der Waals surface area contributed by atoms with E-state index in [4.69, 9.17) is 18.0 Å². The lowest BCUT2D eigenvalue weighted by Crippen LogP contribution is -2.55. The smallest absolute Gasteiger partial charge is 0.221 e. The molecule has 2 saturated carbocycles. The molecule has 2 fully saturated rings. The Hall–Kier alpha value is -0.640. The maximum Gasteiger partial charge on any atom is 0.221 e. The molecule has 2 rings (SSSR count). The van der Waals surface area contributed by atoms with Crippen LogP contribution in [0.25, 0.3) is 0 Å². The molecule has 0 aromatic carbocycles. The van der Waals surface area contributed by atoms with E-state index in [0.717, 1.165) is 25.7 Å². The second kappa shape index (κ2) is 6.00. The van der Waals surface area contributed by atoms with Gasteiger partial charge in [-0.3, -0.25) is 4.79 Å². The molecule has 1 amide bonds. The number of hydrogen-bond acceptors (Lipinski definition) is 2. The minimum absolute atomic E-state index is 0.150. The first-order valence-electron chi connectivity index (χ1n) is 7.23. The quantitative estimate of drug-likeness (QED) is 0.771. The molecular formula is C14H24N2OS. The van der Waals surface area contributed by atoms with Crippen LogP contribution in [0.1, 0.15) is 64.2 Å². The summed E-state index contributed by atoms with van der Waals surface area (Å²) in [5.41, 5.74) is 5.46. The van der Waals surface area contributed by atoms with E-state index in [2.05, 4.69) is 5.32 Å². The molecule has 0 unspecified atom stereocenters. The molecule has 2 aliphatic rings. The van der Waals surface area contributed by atoms with E-state index in [1.165, 1.54) is 32.1 Å². The first kappa shape index (κ1) is 13.8. The van der Waals surface area contributed by atoms with Crippen molar-refractivity contribution >= 4 is 23.1 Å². The third-order valence-electron chi connectivity index (χ3n) is 4.51. The van der Waals surface area contributed by atoms with Crippen LogP contribution in [0.2, 0.25) is 0 Å². The predicted octanol–water partition coefficient (Wildman–Crippen LogP) is 2.67. The lowest BCUT2D eigenvalue weighted by molar-refractivity contribution is -0.123. The van der Waals surface area contributed by atoms with E-state index >= 15 is 0 Å². The van der Waals surface area contributed by atoms with Gasteiger partial charge in [0.25, 0.3) is 0 Å². The van der Waals surface area contributed by atoms with Gasteiger partial charge in [0.15, 0.2) is 0 Å². The Labute approximate surface area is 115 Å². The van der Waals surface area contributed by atoms with E-state index in [-0.39, 0.29) is 11.4 Å². The van der Waals surface area contributed by atoms with Crippen molar-refractivity contribution in [1.82, 2.24) is 5.32 Å². The fourth-order valence-corrected chi connectivity index (χ4v) is 3.64. The summed E-state index contributed by atoms with van der Waals surface area (Å²) < 4.78 is 0. The van der Waals surface area contributed by atoms with E-state index in [1.54, 1.807) is 0 Å². The van der Waals surface area contributed by atoms with Gasteiger partial charge in [0.05, 0.1) is 10.5 Å². The van der Waals surface area contributed by atoms with E-state index in [1.807, 2.05) is 0 Å². The van der Waals surface area contributed by atoms with Gasteiger partial charge in [-0.2, -0.15) is 0 Å². The highest BCUT2D eigenvalue weighted by Crippen LogP contribution is 2.31. The van der Waals surface area contributed by atoms with Crippen molar-refractivity contribution in [2.24, 2.45) is 11.7 Å². The summed E-state index contributed by atoms with van der Waals surface area (Å²) in [5, 5.41) is 3.13. The van der Waals surface area contributed by atoms with E-state index in [0.29, 0.717) is 17.3 Å². The molecule has 0 saturated heterocycles. The molecule has 0 atom stereocenters. The molecule has 3 N–H and O–H groups in total. The van der Waals surface area contributed by atoms with E-state index in [9.17, 15) is 4.79 Å². The first-order chi connectivity index (χ1) is 8.62. The summed E-state index contributed by atoms with van der Waals surface area (Å²) in [7, 11) is 0. The molecule has 3 nitrogen and oxygen atoms in total. The van der Waals surface area contributed by atoms with Crippen molar-refractivity contribution in [1.29, 1.82) is 0 Å². The minimum Gasteiger partial charge on any atom is -0.391 e. The molecule has 0 radical (unpaired) electrons. The van der Waals surface area contributed by atoms with Crippen LogP contribution in [0.15, 0.2) is 0 Å².